The Labute approximate surface area is 198 Å². The first-order valence-electron chi connectivity index (χ1n) is 10.4. The van der Waals surface area contributed by atoms with Gasteiger partial charge in [0, 0.05) is 24.5 Å². The van der Waals surface area contributed by atoms with Gasteiger partial charge in [0.1, 0.15) is 9.77 Å². The Hall–Kier alpha value is -3.42. The van der Waals surface area contributed by atoms with Crippen molar-refractivity contribution in [3.63, 3.8) is 0 Å². The standard InChI is InChI=1S/C26H24N2O3S2/c1-19-10-9-15-22(16-19)28(2)33(30,31)25-23(21-13-7-4-8-14-21)18-32-24(25)26(29)27-17-20-11-5-3-6-12-20/h3-16,18H,17H2,1-2H3,(H,27,29). The zero-order chi connectivity index (χ0) is 23.4. The van der Waals surface area contributed by atoms with Crippen LogP contribution in [0.1, 0.15) is 20.8 Å². The molecule has 0 bridgehead atoms. The minimum Gasteiger partial charge on any atom is -0.347 e. The number of aryl methyl sites for hydroxylation is 1. The Morgan fingerprint density at radius 2 is 1.61 bits per heavy atom. The molecule has 7 heteroatoms. The second-order valence-electron chi connectivity index (χ2n) is 7.65. The summed E-state index contributed by atoms with van der Waals surface area (Å²) in [6, 6.07) is 26.1. The summed E-state index contributed by atoms with van der Waals surface area (Å²) in [6.45, 7) is 2.22. The van der Waals surface area contributed by atoms with Crippen LogP contribution in [0.25, 0.3) is 11.1 Å². The van der Waals surface area contributed by atoms with Crippen LogP contribution in [-0.2, 0) is 16.6 Å². The van der Waals surface area contributed by atoms with Crippen LogP contribution in [0.5, 0.6) is 0 Å². The summed E-state index contributed by atoms with van der Waals surface area (Å²) < 4.78 is 28.9. The van der Waals surface area contributed by atoms with Gasteiger partial charge in [-0.2, -0.15) is 0 Å². The van der Waals surface area contributed by atoms with E-state index in [-0.39, 0.29) is 9.77 Å². The molecule has 33 heavy (non-hydrogen) atoms. The molecule has 0 saturated carbocycles. The monoisotopic (exact) mass is 476 g/mol. The molecule has 1 N–H and O–H groups in total. The molecule has 0 aliphatic rings. The van der Waals surface area contributed by atoms with Crippen molar-refractivity contribution >= 4 is 33.0 Å². The first-order valence-corrected chi connectivity index (χ1v) is 12.7. The maximum Gasteiger partial charge on any atom is 0.266 e. The van der Waals surface area contributed by atoms with Gasteiger partial charge in [-0.05, 0) is 35.7 Å². The highest BCUT2D eigenvalue weighted by atomic mass is 32.2. The number of amides is 1. The number of nitrogens with one attached hydrogen (secondary N) is 1. The highest BCUT2D eigenvalue weighted by Crippen LogP contribution is 2.38. The first kappa shape index (κ1) is 22.8. The third-order valence-electron chi connectivity index (χ3n) is 5.32. The van der Waals surface area contributed by atoms with Gasteiger partial charge in [0.25, 0.3) is 15.9 Å². The Morgan fingerprint density at radius 1 is 0.939 bits per heavy atom. The van der Waals surface area contributed by atoms with Crippen LogP contribution >= 0.6 is 11.3 Å². The number of anilines is 1. The molecule has 168 valence electrons. The largest absolute Gasteiger partial charge is 0.347 e. The van der Waals surface area contributed by atoms with Crippen molar-refractivity contribution in [1.29, 1.82) is 0 Å². The van der Waals surface area contributed by atoms with Gasteiger partial charge >= 0.3 is 0 Å². The van der Waals surface area contributed by atoms with Crippen molar-refractivity contribution in [2.45, 2.75) is 18.4 Å². The Morgan fingerprint density at radius 3 is 2.27 bits per heavy atom. The molecule has 0 spiro atoms. The lowest BCUT2D eigenvalue weighted by Gasteiger charge is -2.21. The lowest BCUT2D eigenvalue weighted by molar-refractivity contribution is 0.0952. The third-order valence-corrected chi connectivity index (χ3v) is 8.30. The Balaban J connectivity index is 1.77. The van der Waals surface area contributed by atoms with Crippen molar-refractivity contribution < 1.29 is 13.2 Å². The lowest BCUT2D eigenvalue weighted by Crippen LogP contribution is -2.30. The van der Waals surface area contributed by atoms with E-state index in [0.29, 0.717) is 17.8 Å². The van der Waals surface area contributed by atoms with E-state index in [1.165, 1.54) is 11.4 Å². The van der Waals surface area contributed by atoms with Crippen LogP contribution in [0.3, 0.4) is 0 Å². The Kier molecular flexibility index (Phi) is 6.62. The molecule has 0 aliphatic heterocycles. The molecular formula is C26H24N2O3S2. The van der Waals surface area contributed by atoms with Crippen LogP contribution < -0.4 is 9.62 Å². The highest BCUT2D eigenvalue weighted by molar-refractivity contribution is 7.93. The second kappa shape index (κ2) is 9.60. The molecule has 1 amide bonds. The van der Waals surface area contributed by atoms with E-state index in [2.05, 4.69) is 5.32 Å². The van der Waals surface area contributed by atoms with Crippen molar-refractivity contribution in [2.75, 3.05) is 11.4 Å². The molecule has 3 aromatic carbocycles. The molecule has 4 rings (SSSR count). The van der Waals surface area contributed by atoms with Gasteiger partial charge in [0.15, 0.2) is 0 Å². The molecule has 0 unspecified atom stereocenters. The lowest BCUT2D eigenvalue weighted by atomic mass is 10.1. The minimum absolute atomic E-state index is 0.0215. The maximum atomic E-state index is 13.9. The SMILES string of the molecule is Cc1cccc(N(C)S(=O)(=O)c2c(-c3ccccc3)csc2C(=O)NCc2ccccc2)c1. The Bertz CT molecular complexity index is 1370. The summed E-state index contributed by atoms with van der Waals surface area (Å²) in [6.07, 6.45) is 0. The number of sulfonamides is 1. The topological polar surface area (TPSA) is 66.5 Å². The van der Waals surface area contributed by atoms with Crippen LogP contribution in [-0.4, -0.2) is 21.4 Å². The van der Waals surface area contributed by atoms with Gasteiger partial charge in [-0.1, -0.05) is 72.8 Å². The number of benzene rings is 3. The summed E-state index contributed by atoms with van der Waals surface area (Å²) in [5, 5.41) is 4.61. The average Bonchev–Trinajstić information content (AvgIpc) is 3.29. The normalized spacial score (nSPS) is 11.2. The van der Waals surface area contributed by atoms with Crippen molar-refractivity contribution in [1.82, 2.24) is 5.32 Å². The molecule has 1 aromatic heterocycles. The highest BCUT2D eigenvalue weighted by Gasteiger charge is 2.32. The summed E-state index contributed by atoms with van der Waals surface area (Å²) in [5.74, 6) is -0.415. The predicted octanol–water partition coefficient (Wildman–Crippen LogP) is 5.48. The molecule has 0 atom stereocenters. The molecular weight excluding hydrogens is 452 g/mol. The number of nitrogens with zero attached hydrogens (tertiary/aromatic N) is 1. The first-order chi connectivity index (χ1) is 15.9. The summed E-state index contributed by atoms with van der Waals surface area (Å²) in [5.41, 5.74) is 3.68. The second-order valence-corrected chi connectivity index (χ2v) is 10.4. The van der Waals surface area contributed by atoms with Crippen molar-refractivity contribution in [3.05, 3.63) is 106 Å². The van der Waals surface area contributed by atoms with E-state index in [1.54, 1.807) is 17.5 Å². The fraction of sp³-hybridized carbons (Fsp3) is 0.115. The minimum atomic E-state index is -4.02. The molecule has 5 nitrogen and oxygen atoms in total. The molecule has 0 fully saturated rings. The van der Waals surface area contributed by atoms with Gasteiger partial charge in [0.05, 0.1) is 5.69 Å². The molecule has 1 heterocycles. The van der Waals surface area contributed by atoms with E-state index < -0.39 is 15.9 Å². The van der Waals surface area contributed by atoms with Gasteiger partial charge in [0.2, 0.25) is 0 Å². The third kappa shape index (κ3) is 4.84. The van der Waals surface area contributed by atoms with Crippen LogP contribution in [0.4, 0.5) is 5.69 Å². The molecule has 0 saturated heterocycles. The van der Waals surface area contributed by atoms with E-state index in [4.69, 9.17) is 0 Å². The van der Waals surface area contributed by atoms with Gasteiger partial charge in [-0.25, -0.2) is 8.42 Å². The van der Waals surface area contributed by atoms with Gasteiger partial charge < -0.3 is 5.32 Å². The quantitative estimate of drug-likeness (QED) is 0.384. The van der Waals surface area contributed by atoms with E-state index in [9.17, 15) is 13.2 Å². The summed E-state index contributed by atoms with van der Waals surface area (Å²) in [7, 11) is -2.50. The maximum absolute atomic E-state index is 13.9. The van der Waals surface area contributed by atoms with E-state index in [1.807, 2.05) is 79.7 Å². The van der Waals surface area contributed by atoms with Crippen molar-refractivity contribution in [2.24, 2.45) is 0 Å². The number of carbonyl (C=O) groups is 1. The molecule has 0 radical (unpaired) electrons. The van der Waals surface area contributed by atoms with E-state index >= 15 is 0 Å². The van der Waals surface area contributed by atoms with Crippen LogP contribution in [0.2, 0.25) is 0 Å². The number of rotatable bonds is 7. The smallest absolute Gasteiger partial charge is 0.266 e. The van der Waals surface area contributed by atoms with Gasteiger partial charge in [-0.3, -0.25) is 9.10 Å². The van der Waals surface area contributed by atoms with E-state index in [0.717, 1.165) is 28.0 Å². The number of carbonyl (C=O) groups excluding carboxylic acids is 1. The van der Waals surface area contributed by atoms with Crippen LogP contribution in [0, 0.1) is 6.92 Å². The van der Waals surface area contributed by atoms with Crippen LogP contribution in [0.15, 0.2) is 95.2 Å². The summed E-state index contributed by atoms with van der Waals surface area (Å²) in [4.78, 5) is 13.4. The molecule has 0 aliphatic carbocycles. The number of hydrogen-bond acceptors (Lipinski definition) is 4. The molecule has 4 aromatic rings. The fourth-order valence-corrected chi connectivity index (χ4v) is 6.40. The number of thiophene rings is 1. The average molecular weight is 477 g/mol. The zero-order valence-electron chi connectivity index (χ0n) is 18.4. The predicted molar refractivity (Wildman–Crippen MR) is 134 cm³/mol. The van der Waals surface area contributed by atoms with Gasteiger partial charge in [-0.15, -0.1) is 11.3 Å². The van der Waals surface area contributed by atoms with Crippen molar-refractivity contribution in [3.8, 4) is 11.1 Å². The summed E-state index contributed by atoms with van der Waals surface area (Å²) >= 11 is 1.14. The number of hydrogen-bond donors (Lipinski definition) is 1. The zero-order valence-corrected chi connectivity index (χ0v) is 20.0. The fourth-order valence-electron chi connectivity index (χ4n) is 3.53.